The van der Waals surface area contributed by atoms with Crippen LogP contribution in [0.5, 0.6) is 0 Å². The lowest BCUT2D eigenvalue weighted by atomic mass is 10.3. The predicted octanol–water partition coefficient (Wildman–Crippen LogP) is 1.06. The first-order chi connectivity index (χ1) is 8.42. The smallest absolute Gasteiger partial charge is 0.370 e. The quantitative estimate of drug-likeness (QED) is 0.405. The fourth-order valence-electron chi connectivity index (χ4n) is 1.12. The number of ether oxygens (including phenoxy) is 1. The minimum Gasteiger partial charge on any atom is -0.370 e. The SMILES string of the molecule is Cc1cnc(NN)nc1NCCOCC(F)(F)F. The van der Waals surface area contributed by atoms with Gasteiger partial charge in [0.25, 0.3) is 0 Å². The lowest BCUT2D eigenvalue weighted by Gasteiger charge is -2.10. The molecule has 0 radical (unpaired) electrons. The number of halogens is 3. The maximum absolute atomic E-state index is 11.8. The van der Waals surface area contributed by atoms with E-state index in [-0.39, 0.29) is 19.1 Å². The Balaban J connectivity index is 2.35. The summed E-state index contributed by atoms with van der Waals surface area (Å²) in [5.41, 5.74) is 3.03. The molecule has 1 heterocycles. The van der Waals surface area contributed by atoms with Crippen LogP contribution >= 0.6 is 0 Å². The fourth-order valence-corrected chi connectivity index (χ4v) is 1.12. The van der Waals surface area contributed by atoms with E-state index in [1.54, 1.807) is 13.1 Å². The van der Waals surface area contributed by atoms with Gasteiger partial charge in [-0.1, -0.05) is 0 Å². The summed E-state index contributed by atoms with van der Waals surface area (Å²) in [6.07, 6.45) is -2.76. The van der Waals surface area contributed by atoms with Crippen LogP contribution in [0, 0.1) is 6.92 Å². The van der Waals surface area contributed by atoms with Gasteiger partial charge in [0, 0.05) is 18.3 Å². The van der Waals surface area contributed by atoms with Crippen molar-refractivity contribution in [3.05, 3.63) is 11.8 Å². The van der Waals surface area contributed by atoms with Crippen LogP contribution in [-0.4, -0.2) is 35.9 Å². The Morgan fingerprint density at radius 2 is 2.17 bits per heavy atom. The van der Waals surface area contributed by atoms with Crippen molar-refractivity contribution in [1.82, 2.24) is 9.97 Å². The molecule has 0 atom stereocenters. The van der Waals surface area contributed by atoms with E-state index in [2.05, 4.69) is 25.4 Å². The highest BCUT2D eigenvalue weighted by Gasteiger charge is 2.27. The summed E-state index contributed by atoms with van der Waals surface area (Å²) in [5, 5.41) is 2.83. The van der Waals surface area contributed by atoms with E-state index >= 15 is 0 Å². The molecule has 1 aromatic rings. The van der Waals surface area contributed by atoms with Gasteiger partial charge in [0.1, 0.15) is 12.4 Å². The zero-order chi connectivity index (χ0) is 13.6. The molecule has 6 nitrogen and oxygen atoms in total. The Hall–Kier alpha value is -1.61. The molecule has 0 fully saturated rings. The van der Waals surface area contributed by atoms with Crippen molar-refractivity contribution >= 4 is 11.8 Å². The normalized spacial score (nSPS) is 11.4. The molecule has 0 bridgehead atoms. The number of nitrogens with two attached hydrogens (primary N) is 1. The minimum absolute atomic E-state index is 0.0751. The van der Waals surface area contributed by atoms with Gasteiger partial charge in [0.15, 0.2) is 0 Å². The third kappa shape index (κ3) is 5.15. The minimum atomic E-state index is -4.30. The Bertz CT molecular complexity index is 385. The van der Waals surface area contributed by atoms with E-state index in [1.165, 1.54) is 0 Å². The maximum atomic E-state index is 11.8. The molecule has 1 aromatic heterocycles. The molecule has 18 heavy (non-hydrogen) atoms. The van der Waals surface area contributed by atoms with Gasteiger partial charge >= 0.3 is 6.18 Å². The number of nitrogens with zero attached hydrogens (tertiary/aromatic N) is 2. The van der Waals surface area contributed by atoms with Gasteiger partial charge in [-0.25, -0.2) is 10.8 Å². The molecule has 102 valence electrons. The first-order valence-corrected chi connectivity index (χ1v) is 5.11. The van der Waals surface area contributed by atoms with Crippen LogP contribution < -0.4 is 16.6 Å². The van der Waals surface area contributed by atoms with E-state index < -0.39 is 12.8 Å². The van der Waals surface area contributed by atoms with Crippen molar-refractivity contribution in [2.24, 2.45) is 5.84 Å². The number of alkyl halides is 3. The average molecular weight is 265 g/mol. The first-order valence-electron chi connectivity index (χ1n) is 5.11. The van der Waals surface area contributed by atoms with Crippen molar-refractivity contribution in [1.29, 1.82) is 0 Å². The van der Waals surface area contributed by atoms with Crippen molar-refractivity contribution in [3.8, 4) is 0 Å². The summed E-state index contributed by atoms with van der Waals surface area (Å²) in [5.74, 6) is 5.86. The standard InChI is InChI=1S/C9H14F3N5O/c1-6-4-15-8(17-13)16-7(6)14-2-3-18-5-9(10,11)12/h4H,2-3,5,13H2,1H3,(H2,14,15,16,17). The molecule has 0 saturated carbocycles. The highest BCUT2D eigenvalue weighted by Crippen LogP contribution is 2.14. The van der Waals surface area contributed by atoms with Gasteiger partial charge in [0.05, 0.1) is 6.61 Å². The van der Waals surface area contributed by atoms with Crippen molar-refractivity contribution in [2.75, 3.05) is 30.5 Å². The summed E-state index contributed by atoms with van der Waals surface area (Å²) in [7, 11) is 0. The zero-order valence-corrected chi connectivity index (χ0v) is 9.71. The van der Waals surface area contributed by atoms with Crippen molar-refractivity contribution < 1.29 is 17.9 Å². The van der Waals surface area contributed by atoms with Gasteiger partial charge in [-0.3, -0.25) is 5.43 Å². The summed E-state index contributed by atoms with van der Waals surface area (Å²) < 4.78 is 39.8. The zero-order valence-electron chi connectivity index (χ0n) is 9.71. The van der Waals surface area contributed by atoms with Crippen molar-refractivity contribution in [3.63, 3.8) is 0 Å². The largest absolute Gasteiger partial charge is 0.411 e. The second kappa shape index (κ2) is 6.36. The van der Waals surface area contributed by atoms with Crippen LogP contribution in [0.15, 0.2) is 6.20 Å². The monoisotopic (exact) mass is 265 g/mol. The number of hydrogen-bond acceptors (Lipinski definition) is 6. The first kappa shape index (κ1) is 14.5. The summed E-state index contributed by atoms with van der Waals surface area (Å²) in [6.45, 7) is 0.637. The summed E-state index contributed by atoms with van der Waals surface area (Å²) in [6, 6.07) is 0. The van der Waals surface area contributed by atoms with E-state index in [1.807, 2.05) is 0 Å². The Morgan fingerprint density at radius 1 is 1.44 bits per heavy atom. The molecular formula is C9H14F3N5O. The Kier molecular flexibility index (Phi) is 5.10. The van der Waals surface area contributed by atoms with Gasteiger partial charge in [-0.2, -0.15) is 18.2 Å². The number of hydrogen-bond donors (Lipinski definition) is 3. The summed E-state index contributed by atoms with van der Waals surface area (Å²) in [4.78, 5) is 7.87. The third-order valence-corrected chi connectivity index (χ3v) is 1.91. The molecule has 0 saturated heterocycles. The van der Waals surface area contributed by atoms with Gasteiger partial charge < -0.3 is 10.1 Å². The van der Waals surface area contributed by atoms with Crippen LogP contribution in [0.3, 0.4) is 0 Å². The van der Waals surface area contributed by atoms with Crippen LogP contribution in [-0.2, 0) is 4.74 Å². The average Bonchev–Trinajstić information content (AvgIpc) is 2.29. The number of aryl methyl sites for hydroxylation is 1. The van der Waals surface area contributed by atoms with Gasteiger partial charge in [-0.05, 0) is 6.92 Å². The van der Waals surface area contributed by atoms with Crippen molar-refractivity contribution in [2.45, 2.75) is 13.1 Å². The van der Waals surface area contributed by atoms with E-state index in [9.17, 15) is 13.2 Å². The number of anilines is 2. The lowest BCUT2D eigenvalue weighted by molar-refractivity contribution is -0.172. The van der Waals surface area contributed by atoms with E-state index in [0.717, 1.165) is 5.56 Å². The molecule has 0 aliphatic heterocycles. The fraction of sp³-hybridized carbons (Fsp3) is 0.556. The highest BCUT2D eigenvalue weighted by atomic mass is 19.4. The predicted molar refractivity (Wildman–Crippen MR) is 59.9 cm³/mol. The Labute approximate surface area is 102 Å². The number of hydrazine groups is 1. The second-order valence-corrected chi connectivity index (χ2v) is 3.46. The Morgan fingerprint density at radius 3 is 2.78 bits per heavy atom. The molecule has 0 aliphatic carbocycles. The highest BCUT2D eigenvalue weighted by molar-refractivity contribution is 5.45. The summed E-state index contributed by atoms with van der Waals surface area (Å²) >= 11 is 0. The molecular weight excluding hydrogens is 251 g/mol. The van der Waals surface area contributed by atoms with Crippen LogP contribution in [0.2, 0.25) is 0 Å². The molecule has 0 aliphatic rings. The maximum Gasteiger partial charge on any atom is 0.411 e. The van der Waals surface area contributed by atoms with Crippen LogP contribution in [0.4, 0.5) is 24.9 Å². The number of rotatable bonds is 6. The third-order valence-electron chi connectivity index (χ3n) is 1.91. The molecule has 0 aromatic carbocycles. The van der Waals surface area contributed by atoms with Gasteiger partial charge in [-0.15, -0.1) is 0 Å². The van der Waals surface area contributed by atoms with Gasteiger partial charge in [0.2, 0.25) is 5.95 Å². The van der Waals surface area contributed by atoms with Crippen LogP contribution in [0.25, 0.3) is 0 Å². The lowest BCUT2D eigenvalue weighted by Crippen LogP contribution is -2.20. The molecule has 0 amide bonds. The topological polar surface area (TPSA) is 85.1 Å². The molecule has 1 rings (SSSR count). The number of aromatic nitrogens is 2. The molecule has 9 heteroatoms. The molecule has 0 unspecified atom stereocenters. The van der Waals surface area contributed by atoms with E-state index in [0.29, 0.717) is 5.82 Å². The number of nitrogen functional groups attached to an aromatic ring is 1. The molecule has 0 spiro atoms. The second-order valence-electron chi connectivity index (χ2n) is 3.46. The molecule has 4 N–H and O–H groups in total. The van der Waals surface area contributed by atoms with Crippen LogP contribution in [0.1, 0.15) is 5.56 Å². The number of nitrogens with one attached hydrogen (secondary N) is 2. The van der Waals surface area contributed by atoms with E-state index in [4.69, 9.17) is 5.84 Å².